The molecule has 0 radical (unpaired) electrons. The fraction of sp³-hybridized carbons (Fsp3) is 0.941. The van der Waals surface area contributed by atoms with Gasteiger partial charge >= 0.3 is 0 Å². The van der Waals surface area contributed by atoms with Gasteiger partial charge in [-0.15, -0.1) is 24.0 Å². The molecule has 2 saturated carbocycles. The fourth-order valence-electron chi connectivity index (χ4n) is 3.28. The van der Waals surface area contributed by atoms with E-state index in [1.54, 1.807) is 0 Å². The number of nitrogens with one attached hydrogen (secondary N) is 2. The van der Waals surface area contributed by atoms with Crippen molar-refractivity contribution in [1.29, 1.82) is 0 Å². The number of halogens is 1. The summed E-state index contributed by atoms with van der Waals surface area (Å²) in [6, 6.07) is 1.86. The highest BCUT2D eigenvalue weighted by molar-refractivity contribution is 14.0. The summed E-state index contributed by atoms with van der Waals surface area (Å²) in [5, 5.41) is 16.5. The highest BCUT2D eigenvalue weighted by Gasteiger charge is 2.30. The molecule has 2 aliphatic rings. The van der Waals surface area contributed by atoms with E-state index in [0.717, 1.165) is 57.3 Å². The highest BCUT2D eigenvalue weighted by atomic mass is 127. The molecule has 2 fully saturated rings. The van der Waals surface area contributed by atoms with Crippen molar-refractivity contribution in [2.45, 2.75) is 83.5 Å². The van der Waals surface area contributed by atoms with Gasteiger partial charge in [-0.2, -0.15) is 0 Å². The summed E-state index contributed by atoms with van der Waals surface area (Å²) in [4.78, 5) is 7.32. The molecule has 0 amide bonds. The maximum Gasteiger partial charge on any atom is 0.191 e. The lowest BCUT2D eigenvalue weighted by molar-refractivity contribution is 0.120. The van der Waals surface area contributed by atoms with E-state index < -0.39 is 0 Å². The van der Waals surface area contributed by atoms with Gasteiger partial charge in [0.1, 0.15) is 0 Å². The number of hydrogen-bond donors (Lipinski definition) is 3. The molecular weight excluding hydrogens is 403 g/mol. The van der Waals surface area contributed by atoms with Crippen LogP contribution in [0.5, 0.6) is 0 Å². The Hall–Kier alpha value is -0.0800. The average Bonchev–Trinajstić information content (AvgIpc) is 3.30. The lowest BCUT2D eigenvalue weighted by Gasteiger charge is -2.28. The number of aliphatic imine (C=N–C) groups is 1. The molecule has 0 bridgehead atoms. The summed E-state index contributed by atoms with van der Waals surface area (Å²) in [5.74, 6) is 0.934. The van der Waals surface area contributed by atoms with Gasteiger partial charge in [0.2, 0.25) is 0 Å². The van der Waals surface area contributed by atoms with Crippen molar-refractivity contribution in [1.82, 2.24) is 15.5 Å². The van der Waals surface area contributed by atoms with Gasteiger partial charge in [-0.3, -0.25) is 9.89 Å². The first-order chi connectivity index (χ1) is 10.6. The van der Waals surface area contributed by atoms with Crippen LogP contribution in [-0.2, 0) is 0 Å². The summed E-state index contributed by atoms with van der Waals surface area (Å²) in [5.41, 5.74) is 0. The van der Waals surface area contributed by atoms with Gasteiger partial charge in [-0.05, 0) is 59.3 Å². The molecule has 6 heteroatoms. The first-order valence-electron chi connectivity index (χ1n) is 9.08. The predicted molar refractivity (Wildman–Crippen MR) is 108 cm³/mol. The largest absolute Gasteiger partial charge is 0.393 e. The molecule has 0 aromatic rings. The predicted octanol–water partition coefficient (Wildman–Crippen LogP) is 2.34. The molecule has 0 spiro atoms. The summed E-state index contributed by atoms with van der Waals surface area (Å²) in [7, 11) is 0. The Kier molecular flexibility index (Phi) is 9.77. The third kappa shape index (κ3) is 7.56. The zero-order valence-corrected chi connectivity index (χ0v) is 17.3. The van der Waals surface area contributed by atoms with Crippen LogP contribution in [0.2, 0.25) is 0 Å². The third-order valence-electron chi connectivity index (χ3n) is 4.69. The number of nitrogens with zero attached hydrogens (tertiary/aromatic N) is 2. The first-order valence-corrected chi connectivity index (χ1v) is 9.08. The molecule has 0 aromatic carbocycles. The molecule has 0 unspecified atom stereocenters. The third-order valence-corrected chi connectivity index (χ3v) is 4.69. The van der Waals surface area contributed by atoms with Crippen LogP contribution in [0.1, 0.15) is 59.3 Å². The van der Waals surface area contributed by atoms with Crippen molar-refractivity contribution < 1.29 is 5.11 Å². The van der Waals surface area contributed by atoms with Gasteiger partial charge < -0.3 is 15.7 Å². The smallest absolute Gasteiger partial charge is 0.191 e. The van der Waals surface area contributed by atoms with E-state index in [0.29, 0.717) is 12.1 Å². The Balaban J connectivity index is 0.00000264. The summed E-state index contributed by atoms with van der Waals surface area (Å²) >= 11 is 0. The molecule has 0 saturated heterocycles. The maximum atomic E-state index is 9.60. The molecule has 0 aromatic heterocycles. The fourth-order valence-corrected chi connectivity index (χ4v) is 3.28. The molecule has 23 heavy (non-hydrogen) atoms. The SMILES string of the molecule is CCNC(=NCCN(C(C)C)C1CC1)NC1CCC(O)CC1.I. The van der Waals surface area contributed by atoms with E-state index in [-0.39, 0.29) is 30.1 Å². The van der Waals surface area contributed by atoms with Gasteiger partial charge in [0, 0.05) is 31.2 Å². The zero-order chi connectivity index (χ0) is 15.9. The van der Waals surface area contributed by atoms with Gasteiger partial charge in [-0.1, -0.05) is 0 Å². The monoisotopic (exact) mass is 438 g/mol. The molecule has 5 nitrogen and oxygen atoms in total. The second kappa shape index (κ2) is 10.7. The Morgan fingerprint density at radius 1 is 1.17 bits per heavy atom. The Bertz CT molecular complexity index is 351. The lowest BCUT2D eigenvalue weighted by atomic mass is 9.93. The lowest BCUT2D eigenvalue weighted by Crippen LogP contribution is -2.45. The van der Waals surface area contributed by atoms with E-state index in [2.05, 4.69) is 36.3 Å². The minimum absolute atomic E-state index is 0. The van der Waals surface area contributed by atoms with E-state index in [4.69, 9.17) is 4.99 Å². The minimum atomic E-state index is -0.101. The van der Waals surface area contributed by atoms with Crippen LogP contribution in [0, 0.1) is 0 Å². The zero-order valence-electron chi connectivity index (χ0n) is 14.9. The number of aliphatic hydroxyl groups is 1. The van der Waals surface area contributed by atoms with Crippen molar-refractivity contribution in [2.24, 2.45) is 4.99 Å². The van der Waals surface area contributed by atoms with Crippen molar-refractivity contribution in [3.8, 4) is 0 Å². The van der Waals surface area contributed by atoms with Gasteiger partial charge in [-0.25, -0.2) is 0 Å². The second-order valence-corrected chi connectivity index (χ2v) is 6.97. The number of rotatable bonds is 7. The van der Waals surface area contributed by atoms with Crippen LogP contribution in [0.3, 0.4) is 0 Å². The number of hydrogen-bond acceptors (Lipinski definition) is 3. The Morgan fingerprint density at radius 3 is 2.35 bits per heavy atom. The van der Waals surface area contributed by atoms with Gasteiger partial charge in [0.15, 0.2) is 5.96 Å². The summed E-state index contributed by atoms with van der Waals surface area (Å²) < 4.78 is 0. The van der Waals surface area contributed by atoms with E-state index >= 15 is 0 Å². The molecular formula is C17H35IN4O. The first kappa shape index (κ1) is 21.0. The normalized spacial score (nSPS) is 25.4. The average molecular weight is 438 g/mol. The van der Waals surface area contributed by atoms with E-state index in [1.165, 1.54) is 12.8 Å². The minimum Gasteiger partial charge on any atom is -0.393 e. The Morgan fingerprint density at radius 2 is 1.83 bits per heavy atom. The van der Waals surface area contributed by atoms with Crippen LogP contribution in [0.15, 0.2) is 4.99 Å². The van der Waals surface area contributed by atoms with Crippen molar-refractivity contribution in [3.63, 3.8) is 0 Å². The van der Waals surface area contributed by atoms with Crippen LogP contribution < -0.4 is 10.6 Å². The van der Waals surface area contributed by atoms with Crippen LogP contribution in [-0.4, -0.2) is 59.8 Å². The molecule has 0 heterocycles. The van der Waals surface area contributed by atoms with Crippen LogP contribution in [0.4, 0.5) is 0 Å². The Labute approximate surface area is 158 Å². The standard InChI is InChI=1S/C17H34N4O.HI/c1-4-18-17(20-14-5-9-16(22)10-6-14)19-11-12-21(13(2)3)15-7-8-15;/h13-16,22H,4-12H2,1-3H3,(H2,18,19,20);1H. The molecule has 2 rings (SSSR count). The van der Waals surface area contributed by atoms with Crippen molar-refractivity contribution >= 4 is 29.9 Å². The second-order valence-electron chi connectivity index (χ2n) is 6.97. The maximum absolute atomic E-state index is 9.60. The van der Waals surface area contributed by atoms with E-state index in [1.807, 2.05) is 0 Å². The molecule has 0 atom stereocenters. The molecule has 2 aliphatic carbocycles. The summed E-state index contributed by atoms with van der Waals surface area (Å²) in [6.07, 6.45) is 6.47. The summed E-state index contributed by atoms with van der Waals surface area (Å²) in [6.45, 7) is 9.43. The number of guanidine groups is 1. The van der Waals surface area contributed by atoms with Crippen molar-refractivity contribution in [2.75, 3.05) is 19.6 Å². The highest BCUT2D eigenvalue weighted by Crippen LogP contribution is 2.28. The van der Waals surface area contributed by atoms with Gasteiger partial charge in [0.05, 0.1) is 12.6 Å². The number of aliphatic hydroxyl groups excluding tert-OH is 1. The topological polar surface area (TPSA) is 59.9 Å². The quantitative estimate of drug-likeness (QED) is 0.325. The molecule has 0 aliphatic heterocycles. The van der Waals surface area contributed by atoms with E-state index in [9.17, 15) is 5.11 Å². The molecule has 136 valence electrons. The van der Waals surface area contributed by atoms with Crippen molar-refractivity contribution in [3.05, 3.63) is 0 Å². The molecule has 3 N–H and O–H groups in total. The van der Waals surface area contributed by atoms with Crippen LogP contribution in [0.25, 0.3) is 0 Å². The van der Waals surface area contributed by atoms with Gasteiger partial charge in [0.25, 0.3) is 0 Å². The van der Waals surface area contributed by atoms with Crippen LogP contribution >= 0.6 is 24.0 Å².